The molecular formula is C13H7BrF3NO. The lowest BCUT2D eigenvalue weighted by molar-refractivity contribution is -0.137. The van der Waals surface area contributed by atoms with Crippen LogP contribution < -0.4 is 0 Å². The maximum atomic E-state index is 12.4. The van der Waals surface area contributed by atoms with Crippen LogP contribution in [0.2, 0.25) is 0 Å². The minimum atomic E-state index is -4.40. The zero-order valence-electron chi connectivity index (χ0n) is 9.41. The van der Waals surface area contributed by atoms with Crippen molar-refractivity contribution < 1.29 is 18.0 Å². The lowest BCUT2D eigenvalue weighted by Gasteiger charge is -2.07. The molecular weight excluding hydrogens is 323 g/mol. The Morgan fingerprint density at radius 1 is 1.05 bits per heavy atom. The van der Waals surface area contributed by atoms with E-state index in [0.29, 0.717) is 10.0 Å². The summed E-state index contributed by atoms with van der Waals surface area (Å²) in [6.07, 6.45) is -1.52. The third kappa shape index (κ3) is 3.20. The van der Waals surface area contributed by atoms with Gasteiger partial charge in [0.2, 0.25) is 0 Å². The Morgan fingerprint density at radius 2 is 1.68 bits per heavy atom. The van der Waals surface area contributed by atoms with Crippen LogP contribution in [-0.2, 0) is 6.18 Å². The van der Waals surface area contributed by atoms with E-state index in [0.717, 1.165) is 24.3 Å². The van der Waals surface area contributed by atoms with Crippen molar-refractivity contribution in [2.24, 2.45) is 0 Å². The molecule has 2 aromatic rings. The first-order chi connectivity index (χ1) is 8.88. The minimum Gasteiger partial charge on any atom is -0.289 e. The maximum absolute atomic E-state index is 12.4. The molecule has 1 aromatic heterocycles. The highest BCUT2D eigenvalue weighted by molar-refractivity contribution is 9.10. The zero-order valence-corrected chi connectivity index (χ0v) is 11.0. The Bertz CT molecular complexity index is 608. The van der Waals surface area contributed by atoms with E-state index in [1.54, 1.807) is 6.07 Å². The third-order valence-electron chi connectivity index (χ3n) is 2.44. The molecule has 0 atom stereocenters. The van der Waals surface area contributed by atoms with Gasteiger partial charge in [-0.2, -0.15) is 13.2 Å². The summed E-state index contributed by atoms with van der Waals surface area (Å²) in [5, 5.41) is 0. The molecule has 98 valence electrons. The molecule has 2 rings (SSSR count). The molecule has 19 heavy (non-hydrogen) atoms. The second kappa shape index (κ2) is 5.13. The average molecular weight is 330 g/mol. The van der Waals surface area contributed by atoms with E-state index in [9.17, 15) is 18.0 Å². The summed E-state index contributed by atoms with van der Waals surface area (Å²) >= 11 is 3.18. The smallest absolute Gasteiger partial charge is 0.289 e. The molecule has 0 saturated heterocycles. The van der Waals surface area contributed by atoms with E-state index >= 15 is 0 Å². The van der Waals surface area contributed by atoms with Gasteiger partial charge in [-0.15, -0.1) is 0 Å². The number of halogens is 4. The fourth-order valence-corrected chi connectivity index (χ4v) is 1.88. The summed E-state index contributed by atoms with van der Waals surface area (Å²) in [4.78, 5) is 15.9. The lowest BCUT2D eigenvalue weighted by atomic mass is 10.0. The normalized spacial score (nSPS) is 11.4. The summed E-state index contributed by atoms with van der Waals surface area (Å²) in [5.41, 5.74) is -0.279. The molecule has 0 radical (unpaired) electrons. The predicted octanol–water partition coefficient (Wildman–Crippen LogP) is 4.09. The number of rotatable bonds is 2. The number of hydrogen-bond acceptors (Lipinski definition) is 2. The Balaban J connectivity index is 2.30. The number of pyridine rings is 1. The highest BCUT2D eigenvalue weighted by atomic mass is 79.9. The van der Waals surface area contributed by atoms with E-state index < -0.39 is 11.7 Å². The van der Waals surface area contributed by atoms with Crippen LogP contribution in [0.4, 0.5) is 13.2 Å². The second-order valence-corrected chi connectivity index (χ2v) is 4.71. The number of carbonyl (C=O) groups is 1. The Kier molecular flexibility index (Phi) is 3.71. The Hall–Kier alpha value is -1.69. The Morgan fingerprint density at radius 3 is 2.21 bits per heavy atom. The van der Waals surface area contributed by atoms with Gasteiger partial charge in [-0.3, -0.25) is 9.78 Å². The fraction of sp³-hybridized carbons (Fsp3) is 0.0769. The highest BCUT2D eigenvalue weighted by Crippen LogP contribution is 2.29. The van der Waals surface area contributed by atoms with Crippen LogP contribution in [0, 0.1) is 0 Å². The van der Waals surface area contributed by atoms with Gasteiger partial charge in [-0.25, -0.2) is 0 Å². The first kappa shape index (κ1) is 13.7. The molecule has 6 heteroatoms. The van der Waals surface area contributed by atoms with Gasteiger partial charge < -0.3 is 0 Å². The van der Waals surface area contributed by atoms with E-state index in [-0.39, 0.29) is 11.3 Å². The van der Waals surface area contributed by atoms with E-state index in [1.807, 2.05) is 0 Å². The van der Waals surface area contributed by atoms with Crippen molar-refractivity contribution in [3.8, 4) is 0 Å². The molecule has 0 N–H and O–H groups in total. The van der Waals surface area contributed by atoms with Gasteiger partial charge in [0, 0.05) is 28.0 Å². The SMILES string of the molecule is O=C(c1ccc(C(F)(F)F)cc1)c1cncc(Br)c1. The predicted molar refractivity (Wildman–Crippen MR) is 66.8 cm³/mol. The van der Waals surface area contributed by atoms with Gasteiger partial charge in [-0.05, 0) is 34.1 Å². The molecule has 0 aliphatic carbocycles. The number of ketones is 1. The summed E-state index contributed by atoms with van der Waals surface area (Å²) in [6, 6.07) is 5.66. The van der Waals surface area contributed by atoms with Crippen LogP contribution in [0.25, 0.3) is 0 Å². The van der Waals surface area contributed by atoms with E-state index in [1.165, 1.54) is 12.4 Å². The van der Waals surface area contributed by atoms with Crippen LogP contribution >= 0.6 is 15.9 Å². The van der Waals surface area contributed by atoms with E-state index in [2.05, 4.69) is 20.9 Å². The number of benzene rings is 1. The molecule has 0 aliphatic rings. The first-order valence-electron chi connectivity index (χ1n) is 5.20. The first-order valence-corrected chi connectivity index (χ1v) is 6.00. The van der Waals surface area contributed by atoms with Crippen molar-refractivity contribution in [1.82, 2.24) is 4.98 Å². The van der Waals surface area contributed by atoms with Gasteiger partial charge in [0.05, 0.1) is 5.56 Å². The topological polar surface area (TPSA) is 30.0 Å². The fourth-order valence-electron chi connectivity index (χ4n) is 1.51. The van der Waals surface area contributed by atoms with Gasteiger partial charge in [0.25, 0.3) is 0 Å². The van der Waals surface area contributed by atoms with Crippen molar-refractivity contribution in [1.29, 1.82) is 0 Å². The largest absolute Gasteiger partial charge is 0.416 e. The Labute approximate surface area is 115 Å². The van der Waals surface area contributed by atoms with Crippen LogP contribution in [0.3, 0.4) is 0 Å². The van der Waals surface area contributed by atoms with E-state index in [4.69, 9.17) is 0 Å². The number of hydrogen-bond donors (Lipinski definition) is 0. The van der Waals surface area contributed by atoms with Crippen molar-refractivity contribution in [2.75, 3.05) is 0 Å². The van der Waals surface area contributed by atoms with Crippen molar-refractivity contribution in [3.05, 3.63) is 63.9 Å². The number of nitrogens with zero attached hydrogens (tertiary/aromatic N) is 1. The maximum Gasteiger partial charge on any atom is 0.416 e. The summed E-state index contributed by atoms with van der Waals surface area (Å²) < 4.78 is 37.8. The van der Waals surface area contributed by atoms with Gasteiger partial charge in [-0.1, -0.05) is 12.1 Å². The molecule has 0 amide bonds. The number of alkyl halides is 3. The van der Waals surface area contributed by atoms with Crippen LogP contribution in [-0.4, -0.2) is 10.8 Å². The van der Waals surface area contributed by atoms with Crippen LogP contribution in [0.15, 0.2) is 47.2 Å². The summed E-state index contributed by atoms with van der Waals surface area (Å²) in [7, 11) is 0. The quantitative estimate of drug-likeness (QED) is 0.776. The van der Waals surface area contributed by atoms with Gasteiger partial charge in [0.15, 0.2) is 5.78 Å². The third-order valence-corrected chi connectivity index (χ3v) is 2.88. The molecule has 1 heterocycles. The van der Waals surface area contributed by atoms with Crippen LogP contribution in [0.1, 0.15) is 21.5 Å². The standard InChI is InChI=1S/C13H7BrF3NO/c14-11-5-9(6-18-7-11)12(19)8-1-3-10(4-2-8)13(15,16)17/h1-7H. The highest BCUT2D eigenvalue weighted by Gasteiger charge is 2.30. The average Bonchev–Trinajstić information content (AvgIpc) is 2.37. The number of aromatic nitrogens is 1. The molecule has 0 spiro atoms. The molecule has 2 nitrogen and oxygen atoms in total. The molecule has 1 aromatic carbocycles. The van der Waals surface area contributed by atoms with Crippen molar-refractivity contribution in [3.63, 3.8) is 0 Å². The zero-order chi connectivity index (χ0) is 14.0. The molecule has 0 unspecified atom stereocenters. The van der Waals surface area contributed by atoms with Gasteiger partial charge >= 0.3 is 6.18 Å². The molecule has 0 bridgehead atoms. The minimum absolute atomic E-state index is 0.188. The number of carbonyl (C=O) groups excluding carboxylic acids is 1. The summed E-state index contributed by atoms with van der Waals surface area (Å²) in [6.45, 7) is 0. The molecule has 0 saturated carbocycles. The molecule has 0 fully saturated rings. The van der Waals surface area contributed by atoms with Crippen LogP contribution in [0.5, 0.6) is 0 Å². The summed E-state index contributed by atoms with van der Waals surface area (Å²) in [5.74, 6) is -0.373. The monoisotopic (exact) mass is 329 g/mol. The molecule has 0 aliphatic heterocycles. The lowest BCUT2D eigenvalue weighted by Crippen LogP contribution is -2.06. The van der Waals surface area contributed by atoms with Crippen molar-refractivity contribution in [2.45, 2.75) is 6.18 Å². The second-order valence-electron chi connectivity index (χ2n) is 3.80. The van der Waals surface area contributed by atoms with Gasteiger partial charge in [0.1, 0.15) is 0 Å². The van der Waals surface area contributed by atoms with Crippen molar-refractivity contribution >= 4 is 21.7 Å².